The van der Waals surface area contributed by atoms with Crippen LogP contribution in [0.5, 0.6) is 11.6 Å². The molecular formula is C15H11BrN2O. The molecule has 0 saturated heterocycles. The fourth-order valence-electron chi connectivity index (χ4n) is 2.24. The molecule has 4 heteroatoms. The summed E-state index contributed by atoms with van der Waals surface area (Å²) >= 11 is 3.43. The lowest BCUT2D eigenvalue weighted by atomic mass is 10.1. The van der Waals surface area contributed by atoms with Gasteiger partial charge in [0.05, 0.1) is 4.47 Å². The summed E-state index contributed by atoms with van der Waals surface area (Å²) in [5.74, 6) is 1.07. The number of hydrogen-bond donors (Lipinski definition) is 0. The molecule has 0 spiro atoms. The zero-order chi connectivity index (χ0) is 13.2. The fraction of sp³-hybridized carbons (Fsp3) is 0.200. The Kier molecular flexibility index (Phi) is 3.22. The van der Waals surface area contributed by atoms with Crippen LogP contribution in [-0.2, 0) is 12.8 Å². The van der Waals surface area contributed by atoms with Gasteiger partial charge in [-0.15, -0.1) is 0 Å². The molecular weight excluding hydrogens is 304 g/mol. The van der Waals surface area contributed by atoms with Gasteiger partial charge in [0.25, 0.3) is 0 Å². The maximum absolute atomic E-state index is 9.22. The molecule has 0 atom stereocenters. The average molecular weight is 315 g/mol. The molecule has 3 rings (SSSR count). The summed E-state index contributed by atoms with van der Waals surface area (Å²) in [5, 5.41) is 9.22. The maximum atomic E-state index is 9.22. The number of nitrogens with zero attached hydrogens (tertiary/aromatic N) is 2. The van der Waals surface area contributed by atoms with Crippen LogP contribution in [0.25, 0.3) is 0 Å². The van der Waals surface area contributed by atoms with Crippen molar-refractivity contribution in [2.45, 2.75) is 19.3 Å². The Morgan fingerprint density at radius 2 is 2.11 bits per heavy atom. The number of nitriles is 1. The number of benzene rings is 1. The lowest BCUT2D eigenvalue weighted by Crippen LogP contribution is -1.97. The molecule has 0 aliphatic heterocycles. The van der Waals surface area contributed by atoms with Crippen LogP contribution in [0.4, 0.5) is 0 Å². The molecule has 1 aromatic carbocycles. The van der Waals surface area contributed by atoms with Gasteiger partial charge < -0.3 is 4.74 Å². The molecule has 3 nitrogen and oxygen atoms in total. The van der Waals surface area contributed by atoms with Crippen molar-refractivity contribution in [3.8, 4) is 17.7 Å². The highest BCUT2D eigenvalue weighted by atomic mass is 79.9. The van der Waals surface area contributed by atoms with Crippen LogP contribution in [0.2, 0.25) is 0 Å². The van der Waals surface area contributed by atoms with Gasteiger partial charge in [-0.3, -0.25) is 0 Å². The third kappa shape index (κ3) is 2.34. The fourth-order valence-corrected chi connectivity index (χ4v) is 2.61. The summed E-state index contributed by atoms with van der Waals surface area (Å²) < 4.78 is 6.62. The van der Waals surface area contributed by atoms with Gasteiger partial charge in [0.1, 0.15) is 17.4 Å². The van der Waals surface area contributed by atoms with E-state index in [1.54, 1.807) is 0 Å². The summed E-state index contributed by atoms with van der Waals surface area (Å²) in [6.07, 6.45) is 3.07. The second kappa shape index (κ2) is 5.02. The number of hydrogen-bond acceptors (Lipinski definition) is 3. The third-order valence-electron chi connectivity index (χ3n) is 3.18. The van der Waals surface area contributed by atoms with E-state index in [1.807, 2.05) is 30.3 Å². The van der Waals surface area contributed by atoms with Gasteiger partial charge in [0.15, 0.2) is 0 Å². The zero-order valence-electron chi connectivity index (χ0n) is 10.2. The van der Waals surface area contributed by atoms with E-state index in [9.17, 15) is 5.26 Å². The van der Waals surface area contributed by atoms with Crippen LogP contribution in [0.3, 0.4) is 0 Å². The molecule has 0 amide bonds. The van der Waals surface area contributed by atoms with Crippen LogP contribution >= 0.6 is 15.9 Å². The largest absolute Gasteiger partial charge is 0.436 e. The molecule has 1 aliphatic carbocycles. The molecule has 94 valence electrons. The van der Waals surface area contributed by atoms with Gasteiger partial charge in [-0.2, -0.15) is 5.26 Å². The molecule has 0 unspecified atom stereocenters. The van der Waals surface area contributed by atoms with E-state index in [0.29, 0.717) is 17.2 Å². The van der Waals surface area contributed by atoms with E-state index in [2.05, 4.69) is 27.0 Å². The quantitative estimate of drug-likeness (QED) is 0.841. The van der Waals surface area contributed by atoms with Crippen molar-refractivity contribution in [3.63, 3.8) is 0 Å². The summed E-state index contributed by atoms with van der Waals surface area (Å²) in [5.41, 5.74) is 2.73. The average Bonchev–Trinajstić information content (AvgIpc) is 2.87. The molecule has 1 aromatic heterocycles. The van der Waals surface area contributed by atoms with Crippen molar-refractivity contribution in [1.82, 2.24) is 4.98 Å². The van der Waals surface area contributed by atoms with Gasteiger partial charge >= 0.3 is 0 Å². The first-order valence-electron chi connectivity index (χ1n) is 6.13. The predicted molar refractivity (Wildman–Crippen MR) is 75.2 cm³/mol. The summed E-state index contributed by atoms with van der Waals surface area (Å²) in [7, 11) is 0. The van der Waals surface area contributed by atoms with Crippen LogP contribution in [0.1, 0.15) is 23.2 Å². The number of fused-ring (bicyclic) bond motifs is 1. The number of halogens is 1. The number of rotatable bonds is 2. The Morgan fingerprint density at radius 1 is 1.26 bits per heavy atom. The van der Waals surface area contributed by atoms with E-state index in [0.717, 1.165) is 29.4 Å². The number of aromatic nitrogens is 1. The van der Waals surface area contributed by atoms with Crippen molar-refractivity contribution in [1.29, 1.82) is 5.26 Å². The van der Waals surface area contributed by atoms with Crippen molar-refractivity contribution in [2.75, 3.05) is 0 Å². The van der Waals surface area contributed by atoms with Crippen molar-refractivity contribution < 1.29 is 4.74 Å². The minimum atomic E-state index is 0.398. The summed E-state index contributed by atoms with van der Waals surface area (Å²) in [4.78, 5) is 4.49. The zero-order valence-corrected chi connectivity index (χ0v) is 11.8. The second-order valence-electron chi connectivity index (χ2n) is 4.44. The third-order valence-corrected chi connectivity index (χ3v) is 3.83. The first-order valence-corrected chi connectivity index (χ1v) is 6.92. The van der Waals surface area contributed by atoms with E-state index in [-0.39, 0.29) is 0 Å². The molecule has 0 radical (unpaired) electrons. The Labute approximate surface area is 120 Å². The van der Waals surface area contributed by atoms with Gasteiger partial charge in [-0.1, -0.05) is 12.1 Å². The topological polar surface area (TPSA) is 45.9 Å². The number of ether oxygens (including phenoxy) is 1. The van der Waals surface area contributed by atoms with Gasteiger partial charge in [0.2, 0.25) is 5.88 Å². The molecule has 0 N–H and O–H groups in total. The Hall–Kier alpha value is -1.86. The first-order chi connectivity index (χ1) is 9.28. The highest BCUT2D eigenvalue weighted by Crippen LogP contribution is 2.32. The minimum Gasteiger partial charge on any atom is -0.436 e. The van der Waals surface area contributed by atoms with E-state index < -0.39 is 0 Å². The van der Waals surface area contributed by atoms with E-state index in [1.165, 1.54) is 5.56 Å². The van der Waals surface area contributed by atoms with Crippen LogP contribution in [0, 0.1) is 11.3 Å². The predicted octanol–water partition coefficient (Wildman–Crippen LogP) is 4.00. The summed E-state index contributed by atoms with van der Waals surface area (Å²) in [6, 6.07) is 11.6. The molecule has 1 heterocycles. The van der Waals surface area contributed by atoms with Gasteiger partial charge in [-0.25, -0.2) is 4.98 Å². The van der Waals surface area contributed by atoms with E-state index >= 15 is 0 Å². The van der Waals surface area contributed by atoms with Crippen LogP contribution < -0.4 is 4.74 Å². The molecule has 0 bridgehead atoms. The first kappa shape index (κ1) is 12.2. The van der Waals surface area contributed by atoms with Crippen molar-refractivity contribution in [3.05, 3.63) is 51.6 Å². The van der Waals surface area contributed by atoms with Crippen LogP contribution in [-0.4, -0.2) is 4.98 Å². The Bertz CT molecular complexity index is 676. The van der Waals surface area contributed by atoms with Crippen molar-refractivity contribution in [2.24, 2.45) is 0 Å². The Balaban J connectivity index is 2.02. The lowest BCUT2D eigenvalue weighted by Gasteiger charge is -2.09. The second-order valence-corrected chi connectivity index (χ2v) is 5.30. The normalized spacial score (nSPS) is 12.8. The van der Waals surface area contributed by atoms with Gasteiger partial charge in [-0.05, 0) is 59.0 Å². The smallest absolute Gasteiger partial charge is 0.237 e. The molecule has 19 heavy (non-hydrogen) atoms. The molecule has 0 saturated carbocycles. The highest BCUT2D eigenvalue weighted by Gasteiger charge is 2.18. The van der Waals surface area contributed by atoms with Crippen molar-refractivity contribution >= 4 is 15.9 Å². The minimum absolute atomic E-state index is 0.398. The van der Waals surface area contributed by atoms with Crippen LogP contribution in [0.15, 0.2) is 34.8 Å². The number of pyridine rings is 1. The standard InChI is InChI=1S/C15H11BrN2O/c16-12-5-1-2-7-14(12)19-15-11(9-17)8-10-4-3-6-13(10)18-15/h1-2,5,7-8H,3-4,6H2. The monoisotopic (exact) mass is 314 g/mol. The number of aryl methyl sites for hydroxylation is 2. The SMILES string of the molecule is N#Cc1cc2c(nc1Oc1ccccc1Br)CCC2. The van der Waals surface area contributed by atoms with Gasteiger partial charge in [0, 0.05) is 5.69 Å². The highest BCUT2D eigenvalue weighted by molar-refractivity contribution is 9.10. The van der Waals surface area contributed by atoms with E-state index in [4.69, 9.17) is 4.74 Å². The molecule has 0 fully saturated rings. The number of para-hydroxylation sites is 1. The summed E-state index contributed by atoms with van der Waals surface area (Å²) in [6.45, 7) is 0. The maximum Gasteiger partial charge on any atom is 0.237 e. The molecule has 1 aliphatic rings. The lowest BCUT2D eigenvalue weighted by molar-refractivity contribution is 0.456. The molecule has 2 aromatic rings. The Morgan fingerprint density at radius 3 is 2.89 bits per heavy atom.